The van der Waals surface area contributed by atoms with Gasteiger partial charge in [-0.2, -0.15) is 0 Å². The van der Waals surface area contributed by atoms with E-state index >= 15 is 0 Å². The van der Waals surface area contributed by atoms with Crippen molar-refractivity contribution in [3.05, 3.63) is 101 Å². The molecule has 0 bridgehead atoms. The smallest absolute Gasteiger partial charge is 0.122 e. The van der Waals surface area contributed by atoms with Crippen LogP contribution in [0.2, 0.25) is 0 Å². The van der Waals surface area contributed by atoms with E-state index in [2.05, 4.69) is 36.4 Å². The second kappa shape index (κ2) is 8.50. The Bertz CT molecular complexity index is 732. The largest absolute Gasteiger partial charge is 0.507 e. The van der Waals surface area contributed by atoms with Gasteiger partial charge in [0, 0.05) is 19.4 Å². The Kier molecular flexibility index (Phi) is 5.86. The minimum atomic E-state index is 0.396. The fourth-order valence-corrected chi connectivity index (χ4v) is 3.04. The van der Waals surface area contributed by atoms with Crippen LogP contribution in [0.4, 0.5) is 0 Å². The van der Waals surface area contributed by atoms with E-state index in [1.165, 1.54) is 11.1 Å². The number of benzene rings is 3. The maximum atomic E-state index is 10.8. The lowest BCUT2D eigenvalue weighted by molar-refractivity contribution is 0.134. The first-order valence-electron chi connectivity index (χ1n) is 8.75. The van der Waals surface area contributed by atoms with Gasteiger partial charge in [0.15, 0.2) is 0 Å². The molecule has 0 saturated heterocycles. The van der Waals surface area contributed by atoms with Gasteiger partial charge in [-0.05, 0) is 46.9 Å². The Morgan fingerprint density at radius 3 is 1.64 bits per heavy atom. The zero-order valence-electron chi connectivity index (χ0n) is 14.6. The average molecular weight is 332 g/mol. The summed E-state index contributed by atoms with van der Waals surface area (Å²) in [6.45, 7) is 3.25. The lowest BCUT2D eigenvalue weighted by Gasteiger charge is -2.14. The molecular weight excluding hydrogens is 308 g/mol. The fourth-order valence-electron chi connectivity index (χ4n) is 3.04. The Hall–Kier alpha value is -2.58. The summed E-state index contributed by atoms with van der Waals surface area (Å²) in [5.74, 6) is 0.396. The topological polar surface area (TPSA) is 29.5 Å². The molecular formula is C23H24O2. The molecule has 2 nitrogen and oxygen atoms in total. The summed E-state index contributed by atoms with van der Waals surface area (Å²) in [4.78, 5) is 0. The standard InChI is InChI=1S/C23H24O2/c1-2-25-17-20-15-21(13-18-9-5-3-6-10-18)23(24)22(16-20)14-19-11-7-4-8-12-19/h3-12,15-16,24H,2,13-14,17H2,1H3. The van der Waals surface area contributed by atoms with Crippen LogP contribution in [-0.2, 0) is 24.2 Å². The molecule has 0 aromatic heterocycles. The van der Waals surface area contributed by atoms with Crippen molar-refractivity contribution in [2.75, 3.05) is 6.61 Å². The molecule has 0 amide bonds. The van der Waals surface area contributed by atoms with Crippen LogP contribution in [0.1, 0.15) is 34.7 Å². The Labute approximate surface area is 149 Å². The highest BCUT2D eigenvalue weighted by atomic mass is 16.5. The molecule has 0 aliphatic carbocycles. The second-order valence-electron chi connectivity index (χ2n) is 6.22. The summed E-state index contributed by atoms with van der Waals surface area (Å²) >= 11 is 0. The Morgan fingerprint density at radius 1 is 0.720 bits per heavy atom. The normalized spacial score (nSPS) is 10.8. The predicted octanol–water partition coefficient (Wildman–Crippen LogP) is 5.11. The van der Waals surface area contributed by atoms with Crippen molar-refractivity contribution in [3.8, 4) is 5.75 Å². The first kappa shape index (κ1) is 17.2. The van der Waals surface area contributed by atoms with E-state index in [-0.39, 0.29) is 0 Å². The SMILES string of the molecule is CCOCc1cc(Cc2ccccc2)c(O)c(Cc2ccccc2)c1. The summed E-state index contributed by atoms with van der Waals surface area (Å²) in [7, 11) is 0. The van der Waals surface area contributed by atoms with E-state index < -0.39 is 0 Å². The van der Waals surface area contributed by atoms with Gasteiger partial charge in [-0.15, -0.1) is 0 Å². The average Bonchev–Trinajstić information content (AvgIpc) is 2.65. The van der Waals surface area contributed by atoms with Crippen LogP contribution >= 0.6 is 0 Å². The molecule has 0 aliphatic heterocycles. The number of phenolic OH excluding ortho intramolecular Hbond substituents is 1. The minimum absolute atomic E-state index is 0.396. The zero-order chi connectivity index (χ0) is 17.5. The van der Waals surface area contributed by atoms with Gasteiger partial charge in [-0.3, -0.25) is 0 Å². The molecule has 0 radical (unpaired) electrons. The van der Waals surface area contributed by atoms with Gasteiger partial charge in [-0.25, -0.2) is 0 Å². The molecule has 3 aromatic carbocycles. The second-order valence-corrected chi connectivity index (χ2v) is 6.22. The molecule has 0 fully saturated rings. The first-order chi connectivity index (χ1) is 12.3. The molecule has 25 heavy (non-hydrogen) atoms. The molecule has 3 rings (SSSR count). The maximum Gasteiger partial charge on any atom is 0.122 e. The number of aromatic hydroxyl groups is 1. The Balaban J connectivity index is 1.93. The highest BCUT2D eigenvalue weighted by Crippen LogP contribution is 2.29. The van der Waals surface area contributed by atoms with E-state index in [1.807, 2.05) is 43.3 Å². The fraction of sp³-hybridized carbons (Fsp3) is 0.217. The minimum Gasteiger partial charge on any atom is -0.507 e. The molecule has 0 atom stereocenters. The zero-order valence-corrected chi connectivity index (χ0v) is 14.6. The molecule has 128 valence electrons. The summed E-state index contributed by atoms with van der Waals surface area (Å²) < 4.78 is 5.59. The van der Waals surface area contributed by atoms with Gasteiger partial charge in [0.05, 0.1) is 6.61 Å². The monoisotopic (exact) mass is 332 g/mol. The predicted molar refractivity (Wildman–Crippen MR) is 102 cm³/mol. The number of phenols is 1. The van der Waals surface area contributed by atoms with Crippen LogP contribution < -0.4 is 0 Å². The number of hydrogen-bond donors (Lipinski definition) is 1. The van der Waals surface area contributed by atoms with Gasteiger partial charge >= 0.3 is 0 Å². The van der Waals surface area contributed by atoms with E-state index in [0.29, 0.717) is 31.8 Å². The lowest BCUT2D eigenvalue weighted by atomic mass is 9.95. The number of rotatable bonds is 7. The van der Waals surface area contributed by atoms with Crippen molar-refractivity contribution in [1.82, 2.24) is 0 Å². The summed E-state index contributed by atoms with van der Waals surface area (Å²) in [6.07, 6.45) is 1.43. The van der Waals surface area contributed by atoms with Gasteiger partial charge in [0.1, 0.15) is 5.75 Å². The molecule has 2 heteroatoms. The van der Waals surface area contributed by atoms with Gasteiger partial charge in [0.25, 0.3) is 0 Å². The third kappa shape index (κ3) is 4.71. The highest BCUT2D eigenvalue weighted by Gasteiger charge is 2.12. The third-order valence-corrected chi connectivity index (χ3v) is 4.28. The molecule has 0 spiro atoms. The lowest BCUT2D eigenvalue weighted by Crippen LogP contribution is -2.00. The number of ether oxygens (including phenoxy) is 1. The molecule has 0 heterocycles. The number of hydrogen-bond acceptors (Lipinski definition) is 2. The van der Waals surface area contributed by atoms with Crippen molar-refractivity contribution in [1.29, 1.82) is 0 Å². The molecule has 1 N–H and O–H groups in total. The maximum absolute atomic E-state index is 10.8. The molecule has 0 saturated carbocycles. The van der Waals surface area contributed by atoms with Crippen molar-refractivity contribution >= 4 is 0 Å². The van der Waals surface area contributed by atoms with E-state index in [9.17, 15) is 5.11 Å². The first-order valence-corrected chi connectivity index (χ1v) is 8.75. The van der Waals surface area contributed by atoms with Crippen molar-refractivity contribution in [2.45, 2.75) is 26.4 Å². The van der Waals surface area contributed by atoms with Crippen molar-refractivity contribution in [2.24, 2.45) is 0 Å². The van der Waals surface area contributed by atoms with Gasteiger partial charge < -0.3 is 9.84 Å². The van der Waals surface area contributed by atoms with E-state index in [1.54, 1.807) is 0 Å². The van der Waals surface area contributed by atoms with E-state index in [0.717, 1.165) is 16.7 Å². The van der Waals surface area contributed by atoms with Crippen LogP contribution in [0.15, 0.2) is 72.8 Å². The van der Waals surface area contributed by atoms with Crippen LogP contribution in [-0.4, -0.2) is 11.7 Å². The van der Waals surface area contributed by atoms with Crippen molar-refractivity contribution < 1.29 is 9.84 Å². The van der Waals surface area contributed by atoms with E-state index in [4.69, 9.17) is 4.74 Å². The molecule has 0 unspecified atom stereocenters. The van der Waals surface area contributed by atoms with Gasteiger partial charge in [-0.1, -0.05) is 60.7 Å². The quantitative estimate of drug-likeness (QED) is 0.651. The molecule has 0 aliphatic rings. The van der Waals surface area contributed by atoms with Crippen LogP contribution in [0.5, 0.6) is 5.75 Å². The van der Waals surface area contributed by atoms with Gasteiger partial charge in [0.2, 0.25) is 0 Å². The Morgan fingerprint density at radius 2 is 1.20 bits per heavy atom. The van der Waals surface area contributed by atoms with Crippen LogP contribution in [0.25, 0.3) is 0 Å². The summed E-state index contributed by atoms with van der Waals surface area (Å²) in [5.41, 5.74) is 5.40. The van der Waals surface area contributed by atoms with Crippen molar-refractivity contribution in [3.63, 3.8) is 0 Å². The highest BCUT2D eigenvalue weighted by molar-refractivity contribution is 5.47. The molecule has 3 aromatic rings. The van der Waals surface area contributed by atoms with Crippen LogP contribution in [0.3, 0.4) is 0 Å². The summed E-state index contributed by atoms with van der Waals surface area (Å²) in [5, 5.41) is 10.8. The summed E-state index contributed by atoms with van der Waals surface area (Å²) in [6, 6.07) is 24.6. The van der Waals surface area contributed by atoms with Crippen LogP contribution in [0, 0.1) is 0 Å². The third-order valence-electron chi connectivity index (χ3n) is 4.28.